The van der Waals surface area contributed by atoms with Gasteiger partial charge in [-0.15, -0.1) is 0 Å². The summed E-state index contributed by atoms with van der Waals surface area (Å²) < 4.78 is 74.9. The highest BCUT2D eigenvalue weighted by Crippen LogP contribution is 2.17. The van der Waals surface area contributed by atoms with Gasteiger partial charge in [0.2, 0.25) is 0 Å². The molecule has 0 aliphatic rings. The van der Waals surface area contributed by atoms with Gasteiger partial charge in [0.05, 0.1) is 12.2 Å². The average molecular weight is 325 g/mol. The molecule has 0 aliphatic heterocycles. The van der Waals surface area contributed by atoms with Crippen molar-refractivity contribution in [3.8, 4) is 11.8 Å². The molecule has 21 heavy (non-hydrogen) atoms. The van der Waals surface area contributed by atoms with Crippen molar-refractivity contribution in [3.63, 3.8) is 0 Å². The number of halogens is 4. The second-order valence-electron chi connectivity index (χ2n) is 3.74. The maximum atomic E-state index is 13.6. The average Bonchev–Trinajstić information content (AvgIpc) is 2.36. The van der Waals surface area contributed by atoms with Crippen LogP contribution in [0.2, 0.25) is 0 Å². The Bertz CT molecular complexity index is 662. The Morgan fingerprint density at radius 1 is 1.29 bits per heavy atom. The number of benzene rings is 1. The Kier molecular flexibility index (Phi) is 5.54. The second kappa shape index (κ2) is 6.75. The molecule has 0 bridgehead atoms. The van der Waals surface area contributed by atoms with E-state index in [1.54, 1.807) is 4.72 Å². The van der Waals surface area contributed by atoms with Gasteiger partial charge in [0, 0.05) is 5.56 Å². The second-order valence-corrected chi connectivity index (χ2v) is 5.24. The first-order chi connectivity index (χ1) is 9.63. The molecule has 0 atom stereocenters. The van der Waals surface area contributed by atoms with Gasteiger partial charge in [-0.2, -0.15) is 26.3 Å². The lowest BCUT2D eigenvalue weighted by atomic mass is 10.2. The van der Waals surface area contributed by atoms with Gasteiger partial charge in [0.15, 0.2) is 0 Å². The third kappa shape index (κ3) is 6.44. The van der Waals surface area contributed by atoms with Gasteiger partial charge in [-0.25, -0.2) is 4.39 Å². The molecule has 1 rings (SSSR count). The van der Waals surface area contributed by atoms with Crippen molar-refractivity contribution in [1.82, 2.24) is 4.72 Å². The summed E-state index contributed by atoms with van der Waals surface area (Å²) in [5.74, 6) is 4.02. The molecule has 116 valence electrons. The molecule has 0 aliphatic carbocycles. The van der Waals surface area contributed by atoms with Gasteiger partial charge in [-0.05, 0) is 18.2 Å². The largest absolute Gasteiger partial charge is 0.402 e. The van der Waals surface area contributed by atoms with Crippen molar-refractivity contribution >= 4 is 15.9 Å². The smallest absolute Gasteiger partial charge is 0.320 e. The van der Waals surface area contributed by atoms with E-state index in [1.807, 2.05) is 0 Å². The summed E-state index contributed by atoms with van der Waals surface area (Å²) in [4.78, 5) is 0. The molecule has 0 heterocycles. The van der Waals surface area contributed by atoms with Gasteiger partial charge in [-0.3, -0.25) is 4.72 Å². The number of nitrogens with one attached hydrogen (secondary N) is 2. The molecule has 0 fully saturated rings. The molecule has 1 aromatic rings. The van der Waals surface area contributed by atoms with Gasteiger partial charge in [0.25, 0.3) is 10.2 Å². The fourth-order valence-electron chi connectivity index (χ4n) is 1.19. The molecule has 0 radical (unpaired) electrons. The van der Waals surface area contributed by atoms with Crippen LogP contribution in [0.4, 0.5) is 23.2 Å². The number of nitrogens with two attached hydrogens (primary N) is 1. The van der Waals surface area contributed by atoms with Gasteiger partial charge in [0.1, 0.15) is 12.4 Å². The summed E-state index contributed by atoms with van der Waals surface area (Å²) in [5, 5.41) is 0. The van der Waals surface area contributed by atoms with Crippen LogP contribution >= 0.6 is 0 Å². The van der Waals surface area contributed by atoms with Gasteiger partial charge < -0.3 is 5.73 Å². The summed E-state index contributed by atoms with van der Waals surface area (Å²) in [5.41, 5.74) is 4.89. The Morgan fingerprint density at radius 2 is 1.95 bits per heavy atom. The molecular weight excluding hydrogens is 314 g/mol. The number of hydrogen-bond donors (Lipinski definition) is 3. The summed E-state index contributed by atoms with van der Waals surface area (Å²) in [7, 11) is -4.54. The van der Waals surface area contributed by atoms with Crippen LogP contribution in [0.15, 0.2) is 18.2 Å². The van der Waals surface area contributed by atoms with E-state index in [1.165, 1.54) is 10.8 Å². The number of hydrogen-bond acceptors (Lipinski definition) is 3. The predicted molar refractivity (Wildman–Crippen MR) is 68.9 cm³/mol. The molecular formula is C11H11F4N3O2S. The van der Waals surface area contributed by atoms with Crippen LogP contribution in [-0.2, 0) is 10.2 Å². The fraction of sp³-hybridized carbons (Fsp3) is 0.273. The highest BCUT2D eigenvalue weighted by atomic mass is 32.2. The number of rotatable bonds is 4. The molecule has 0 spiro atoms. The third-order valence-electron chi connectivity index (χ3n) is 2.01. The minimum atomic E-state index is -4.71. The lowest BCUT2D eigenvalue weighted by Crippen LogP contribution is -2.37. The zero-order chi connectivity index (χ0) is 16.1. The standard InChI is InChI=1S/C11H11F4N3O2S/c12-9-6-8(2-1-5-16)3-4-10(9)18-21(19,20)17-7-11(13,14)15/h3-4,6,17-18H,5,7,16H2. The van der Waals surface area contributed by atoms with Crippen molar-refractivity contribution in [3.05, 3.63) is 29.6 Å². The maximum absolute atomic E-state index is 13.6. The Hall–Kier alpha value is -1.83. The highest BCUT2D eigenvalue weighted by Gasteiger charge is 2.29. The summed E-state index contributed by atoms with van der Waals surface area (Å²) >= 11 is 0. The quantitative estimate of drug-likeness (QED) is 0.569. The molecule has 0 unspecified atom stereocenters. The van der Waals surface area contributed by atoms with E-state index < -0.39 is 34.4 Å². The van der Waals surface area contributed by atoms with Gasteiger partial charge in [-0.1, -0.05) is 11.8 Å². The molecule has 0 amide bonds. The van der Waals surface area contributed by atoms with Crippen molar-refractivity contribution < 1.29 is 26.0 Å². The van der Waals surface area contributed by atoms with E-state index in [0.29, 0.717) is 0 Å². The van der Waals surface area contributed by atoms with Gasteiger partial charge >= 0.3 is 6.18 Å². The van der Waals surface area contributed by atoms with Crippen molar-refractivity contribution in [1.29, 1.82) is 0 Å². The van der Waals surface area contributed by atoms with E-state index >= 15 is 0 Å². The van der Waals surface area contributed by atoms with Crippen LogP contribution in [0, 0.1) is 17.7 Å². The minimum Gasteiger partial charge on any atom is -0.320 e. The first-order valence-corrected chi connectivity index (χ1v) is 6.94. The van der Waals surface area contributed by atoms with E-state index in [2.05, 4.69) is 11.8 Å². The van der Waals surface area contributed by atoms with Crippen LogP contribution in [0.25, 0.3) is 0 Å². The molecule has 5 nitrogen and oxygen atoms in total. The molecule has 0 saturated carbocycles. The minimum absolute atomic E-state index is 0.0668. The Balaban J connectivity index is 2.83. The summed E-state index contributed by atoms with van der Waals surface area (Å²) in [6.45, 7) is -1.69. The number of alkyl halides is 3. The number of anilines is 1. The van der Waals surface area contributed by atoms with Crippen LogP contribution in [0.5, 0.6) is 0 Å². The third-order valence-corrected chi connectivity index (χ3v) is 3.02. The molecule has 4 N–H and O–H groups in total. The SMILES string of the molecule is NCC#Cc1ccc(NS(=O)(=O)NCC(F)(F)F)c(F)c1. The summed E-state index contributed by atoms with van der Waals surface area (Å²) in [6, 6.07) is 3.28. The van der Waals surface area contributed by atoms with Crippen molar-refractivity contribution in [2.45, 2.75) is 6.18 Å². The first-order valence-electron chi connectivity index (χ1n) is 5.45. The molecule has 0 aromatic heterocycles. The van der Waals surface area contributed by atoms with E-state index in [4.69, 9.17) is 5.73 Å². The van der Waals surface area contributed by atoms with Crippen molar-refractivity contribution in [2.75, 3.05) is 17.8 Å². The maximum Gasteiger partial charge on any atom is 0.402 e. The van der Waals surface area contributed by atoms with E-state index in [0.717, 1.165) is 12.1 Å². The van der Waals surface area contributed by atoms with Crippen LogP contribution in [0.1, 0.15) is 5.56 Å². The fourth-order valence-corrected chi connectivity index (χ4v) is 2.07. The van der Waals surface area contributed by atoms with Crippen LogP contribution in [0.3, 0.4) is 0 Å². The zero-order valence-corrected chi connectivity index (χ0v) is 11.3. The van der Waals surface area contributed by atoms with Crippen molar-refractivity contribution in [2.24, 2.45) is 5.73 Å². The lowest BCUT2D eigenvalue weighted by molar-refractivity contribution is -0.121. The Morgan fingerprint density at radius 3 is 2.48 bits per heavy atom. The lowest BCUT2D eigenvalue weighted by Gasteiger charge is -2.11. The highest BCUT2D eigenvalue weighted by molar-refractivity contribution is 7.90. The topological polar surface area (TPSA) is 84.2 Å². The Labute approximate surface area is 118 Å². The van der Waals surface area contributed by atoms with Crippen LogP contribution < -0.4 is 15.2 Å². The molecule has 10 heteroatoms. The van der Waals surface area contributed by atoms with E-state index in [-0.39, 0.29) is 12.1 Å². The molecule has 1 aromatic carbocycles. The van der Waals surface area contributed by atoms with E-state index in [9.17, 15) is 26.0 Å². The van der Waals surface area contributed by atoms with Crippen LogP contribution in [-0.4, -0.2) is 27.7 Å². The molecule has 0 saturated heterocycles. The predicted octanol–water partition coefficient (Wildman–Crippen LogP) is 0.945. The zero-order valence-electron chi connectivity index (χ0n) is 10.5. The summed E-state index contributed by atoms with van der Waals surface area (Å²) in [6.07, 6.45) is -4.71. The first kappa shape index (κ1) is 17.2. The normalized spacial score (nSPS) is 11.7. The monoisotopic (exact) mass is 325 g/mol.